The van der Waals surface area contributed by atoms with Crippen molar-refractivity contribution in [2.45, 2.75) is 57.5 Å². The zero-order valence-corrected chi connectivity index (χ0v) is 14.6. The van der Waals surface area contributed by atoms with E-state index in [9.17, 15) is 4.79 Å². The highest BCUT2D eigenvalue weighted by atomic mass is 16.5. The molecule has 3 N–H and O–H groups in total. The van der Waals surface area contributed by atoms with Crippen LogP contribution in [-0.2, 0) is 4.74 Å². The molecule has 5 heteroatoms. The van der Waals surface area contributed by atoms with E-state index in [1.807, 2.05) is 13.0 Å². The molecular formula is C19H29N3O2. The number of carbonyl (C=O) groups is 1. The number of anilines is 2. The average Bonchev–Trinajstić information content (AvgIpc) is 3.10. The van der Waals surface area contributed by atoms with Crippen LogP contribution in [0.1, 0.15) is 55.8 Å². The van der Waals surface area contributed by atoms with Crippen LogP contribution in [0.4, 0.5) is 11.4 Å². The normalized spacial score (nSPS) is 24.7. The molecule has 1 saturated heterocycles. The molecule has 3 rings (SSSR count). The Morgan fingerprint density at radius 3 is 2.75 bits per heavy atom. The van der Waals surface area contributed by atoms with Gasteiger partial charge in [-0.05, 0) is 63.9 Å². The van der Waals surface area contributed by atoms with Gasteiger partial charge in [0.05, 0.1) is 17.9 Å². The second-order valence-electron chi connectivity index (χ2n) is 6.87. The van der Waals surface area contributed by atoms with Crippen LogP contribution >= 0.6 is 0 Å². The summed E-state index contributed by atoms with van der Waals surface area (Å²) in [6.45, 7) is 4.60. The summed E-state index contributed by atoms with van der Waals surface area (Å²) >= 11 is 0. The monoisotopic (exact) mass is 331 g/mol. The molecule has 132 valence electrons. The van der Waals surface area contributed by atoms with Crippen LogP contribution in [0.15, 0.2) is 18.2 Å². The molecular weight excluding hydrogens is 302 g/mol. The van der Waals surface area contributed by atoms with Gasteiger partial charge in [0.15, 0.2) is 0 Å². The zero-order valence-electron chi connectivity index (χ0n) is 14.6. The molecule has 0 aromatic heterocycles. The lowest BCUT2D eigenvalue weighted by Crippen LogP contribution is -2.47. The van der Waals surface area contributed by atoms with E-state index in [1.165, 1.54) is 45.2 Å². The number of carbonyl (C=O) groups excluding carboxylic acids is 1. The number of nitrogens with two attached hydrogens (primary N) is 1. The molecule has 24 heavy (non-hydrogen) atoms. The van der Waals surface area contributed by atoms with Gasteiger partial charge >= 0.3 is 5.97 Å². The molecule has 2 aliphatic rings. The Balaban J connectivity index is 1.80. The third-order valence-electron chi connectivity index (χ3n) is 5.22. The van der Waals surface area contributed by atoms with Crippen molar-refractivity contribution >= 4 is 17.3 Å². The van der Waals surface area contributed by atoms with Crippen molar-refractivity contribution in [2.24, 2.45) is 0 Å². The minimum absolute atomic E-state index is 0.284. The quantitative estimate of drug-likeness (QED) is 0.640. The van der Waals surface area contributed by atoms with Gasteiger partial charge < -0.3 is 15.8 Å². The molecule has 0 spiro atoms. The van der Waals surface area contributed by atoms with Crippen molar-refractivity contribution in [1.29, 1.82) is 0 Å². The summed E-state index contributed by atoms with van der Waals surface area (Å²) in [5.74, 6) is -0.284. The maximum atomic E-state index is 12.2. The summed E-state index contributed by atoms with van der Waals surface area (Å²) in [5, 5.41) is 3.63. The van der Waals surface area contributed by atoms with Gasteiger partial charge in [-0.25, -0.2) is 4.79 Å². The fraction of sp³-hybridized carbons (Fsp3) is 0.632. The number of hydrogen-bond acceptors (Lipinski definition) is 5. The maximum Gasteiger partial charge on any atom is 0.340 e. The van der Waals surface area contributed by atoms with Crippen LogP contribution in [0.25, 0.3) is 0 Å². The van der Waals surface area contributed by atoms with Crippen LogP contribution in [0.3, 0.4) is 0 Å². The predicted octanol–water partition coefficient (Wildman–Crippen LogP) is 3.26. The first-order valence-electron chi connectivity index (χ1n) is 9.26. The van der Waals surface area contributed by atoms with Crippen LogP contribution < -0.4 is 11.1 Å². The molecule has 1 aliphatic carbocycles. The number of nitrogens with zero attached hydrogens (tertiary/aromatic N) is 1. The molecule has 2 fully saturated rings. The van der Waals surface area contributed by atoms with Crippen LogP contribution in [0.5, 0.6) is 0 Å². The highest BCUT2D eigenvalue weighted by Gasteiger charge is 2.32. The Morgan fingerprint density at radius 1 is 1.25 bits per heavy atom. The van der Waals surface area contributed by atoms with Crippen LogP contribution in [0.2, 0.25) is 0 Å². The van der Waals surface area contributed by atoms with E-state index in [0.717, 1.165) is 12.1 Å². The minimum Gasteiger partial charge on any atom is -0.462 e. The largest absolute Gasteiger partial charge is 0.462 e. The predicted molar refractivity (Wildman–Crippen MR) is 97.3 cm³/mol. The number of esters is 1. The zero-order chi connectivity index (χ0) is 16.9. The molecule has 1 saturated carbocycles. The molecule has 5 nitrogen and oxygen atoms in total. The fourth-order valence-corrected chi connectivity index (χ4v) is 4.06. The number of nitrogens with one attached hydrogen (secondary N) is 1. The Bertz CT molecular complexity index is 570. The van der Waals surface area contributed by atoms with E-state index in [4.69, 9.17) is 10.5 Å². The van der Waals surface area contributed by atoms with Crippen molar-refractivity contribution < 1.29 is 9.53 Å². The highest BCUT2D eigenvalue weighted by Crippen LogP contribution is 2.30. The maximum absolute atomic E-state index is 12.2. The summed E-state index contributed by atoms with van der Waals surface area (Å²) in [4.78, 5) is 14.9. The third kappa shape index (κ3) is 3.83. The molecule has 1 heterocycles. The topological polar surface area (TPSA) is 67.6 Å². The standard InChI is InChI=1S/C19H29N3O2/c1-2-24-19(23)15-10-9-14(20)13-17(15)21-16-7-3-4-8-18(16)22-11-5-6-12-22/h9-10,13,16,18,21H,2-8,11-12,20H2,1H3/t16-,18-/m0/s1. The number of hydrogen-bond donors (Lipinski definition) is 2. The number of nitrogen functional groups attached to an aromatic ring is 1. The van der Waals surface area contributed by atoms with Gasteiger partial charge in [0.25, 0.3) is 0 Å². The number of likely N-dealkylation sites (tertiary alicyclic amines) is 1. The van der Waals surface area contributed by atoms with E-state index < -0.39 is 0 Å². The van der Waals surface area contributed by atoms with Crippen LogP contribution in [0, 0.1) is 0 Å². The lowest BCUT2D eigenvalue weighted by Gasteiger charge is -2.39. The minimum atomic E-state index is -0.284. The molecule has 0 amide bonds. The Labute approximate surface area is 144 Å². The first-order valence-corrected chi connectivity index (χ1v) is 9.26. The molecule has 0 bridgehead atoms. The second kappa shape index (κ2) is 7.88. The SMILES string of the molecule is CCOC(=O)c1ccc(N)cc1N[C@H]1CCCC[C@@H]1N1CCCC1. The molecule has 1 aromatic rings. The van der Waals surface area contributed by atoms with Gasteiger partial charge in [0.2, 0.25) is 0 Å². The highest BCUT2D eigenvalue weighted by molar-refractivity contribution is 5.96. The first-order chi connectivity index (χ1) is 11.7. The number of rotatable bonds is 5. The molecule has 0 unspecified atom stereocenters. The van der Waals surface area contributed by atoms with Gasteiger partial charge in [0.1, 0.15) is 0 Å². The molecule has 1 aromatic carbocycles. The number of benzene rings is 1. The fourth-order valence-electron chi connectivity index (χ4n) is 4.06. The summed E-state index contributed by atoms with van der Waals surface area (Å²) in [5.41, 5.74) is 8.02. The van der Waals surface area contributed by atoms with Gasteiger partial charge in [-0.1, -0.05) is 12.8 Å². The van der Waals surface area contributed by atoms with E-state index in [0.29, 0.717) is 29.9 Å². The van der Waals surface area contributed by atoms with E-state index >= 15 is 0 Å². The Kier molecular flexibility index (Phi) is 5.61. The van der Waals surface area contributed by atoms with Crippen molar-refractivity contribution in [1.82, 2.24) is 4.90 Å². The summed E-state index contributed by atoms with van der Waals surface area (Å²) in [6, 6.07) is 6.31. The van der Waals surface area contributed by atoms with Crippen molar-refractivity contribution in [3.63, 3.8) is 0 Å². The number of ether oxygens (including phenoxy) is 1. The third-order valence-corrected chi connectivity index (χ3v) is 5.22. The Hall–Kier alpha value is -1.75. The molecule has 1 aliphatic heterocycles. The Morgan fingerprint density at radius 2 is 2.00 bits per heavy atom. The summed E-state index contributed by atoms with van der Waals surface area (Å²) in [7, 11) is 0. The van der Waals surface area contributed by atoms with Gasteiger partial charge in [-0.3, -0.25) is 4.90 Å². The smallest absolute Gasteiger partial charge is 0.340 e. The van der Waals surface area contributed by atoms with Gasteiger partial charge in [0, 0.05) is 17.8 Å². The molecule has 2 atom stereocenters. The van der Waals surface area contributed by atoms with Crippen LogP contribution in [-0.4, -0.2) is 42.6 Å². The lowest BCUT2D eigenvalue weighted by atomic mass is 9.89. The average molecular weight is 331 g/mol. The first kappa shape index (κ1) is 17.1. The van der Waals surface area contributed by atoms with E-state index in [1.54, 1.807) is 12.1 Å². The van der Waals surface area contributed by atoms with E-state index in [2.05, 4.69) is 10.2 Å². The van der Waals surface area contributed by atoms with Gasteiger partial charge in [-0.2, -0.15) is 0 Å². The molecule has 0 radical (unpaired) electrons. The lowest BCUT2D eigenvalue weighted by molar-refractivity contribution is 0.0527. The summed E-state index contributed by atoms with van der Waals surface area (Å²) in [6.07, 6.45) is 7.50. The van der Waals surface area contributed by atoms with E-state index in [-0.39, 0.29) is 5.97 Å². The van der Waals surface area contributed by atoms with Crippen molar-refractivity contribution in [2.75, 3.05) is 30.7 Å². The van der Waals surface area contributed by atoms with Crippen molar-refractivity contribution in [3.05, 3.63) is 23.8 Å². The second-order valence-corrected chi connectivity index (χ2v) is 6.87. The summed E-state index contributed by atoms with van der Waals surface area (Å²) < 4.78 is 5.19. The van der Waals surface area contributed by atoms with Crippen molar-refractivity contribution in [3.8, 4) is 0 Å². The van der Waals surface area contributed by atoms with Gasteiger partial charge in [-0.15, -0.1) is 0 Å².